The molecular formula is C18H19F3N2O2. The second kappa shape index (κ2) is 7.92. The molecule has 0 unspecified atom stereocenters. The molecule has 0 atom stereocenters. The molecule has 0 aliphatic carbocycles. The molecule has 0 saturated heterocycles. The van der Waals surface area contributed by atoms with E-state index in [1.54, 1.807) is 0 Å². The van der Waals surface area contributed by atoms with Gasteiger partial charge in [0.2, 0.25) is 0 Å². The quantitative estimate of drug-likeness (QED) is 0.854. The van der Waals surface area contributed by atoms with Crippen LogP contribution >= 0.6 is 0 Å². The van der Waals surface area contributed by atoms with Crippen molar-refractivity contribution in [1.82, 2.24) is 10.6 Å². The third-order valence-corrected chi connectivity index (χ3v) is 3.64. The SMILES string of the molecule is COc1ccc(CNC(=O)NCc2ccc(C)cc2)c(C(F)(F)F)c1. The van der Waals surface area contributed by atoms with E-state index in [9.17, 15) is 18.0 Å². The minimum absolute atomic E-state index is 0.0289. The van der Waals surface area contributed by atoms with E-state index in [1.165, 1.54) is 19.2 Å². The van der Waals surface area contributed by atoms with Gasteiger partial charge in [0.25, 0.3) is 0 Å². The summed E-state index contributed by atoms with van der Waals surface area (Å²) in [5, 5.41) is 5.05. The topological polar surface area (TPSA) is 50.4 Å². The van der Waals surface area contributed by atoms with Crippen LogP contribution in [0.4, 0.5) is 18.0 Å². The number of carbonyl (C=O) groups excluding carboxylic acids is 1. The van der Waals surface area contributed by atoms with Crippen molar-refractivity contribution in [3.05, 3.63) is 64.7 Å². The van der Waals surface area contributed by atoms with Gasteiger partial charge >= 0.3 is 12.2 Å². The van der Waals surface area contributed by atoms with Crippen LogP contribution in [0.15, 0.2) is 42.5 Å². The van der Waals surface area contributed by atoms with Gasteiger partial charge in [0.1, 0.15) is 5.75 Å². The number of aryl methyl sites for hydroxylation is 1. The summed E-state index contributed by atoms with van der Waals surface area (Å²) >= 11 is 0. The Kier molecular flexibility index (Phi) is 5.90. The van der Waals surface area contributed by atoms with E-state index in [0.29, 0.717) is 6.54 Å². The molecule has 0 aromatic heterocycles. The van der Waals surface area contributed by atoms with E-state index >= 15 is 0 Å². The van der Waals surface area contributed by atoms with Crippen molar-refractivity contribution in [1.29, 1.82) is 0 Å². The largest absolute Gasteiger partial charge is 0.497 e. The Morgan fingerprint density at radius 2 is 1.68 bits per heavy atom. The standard InChI is InChI=1S/C18H19F3N2O2/c1-12-3-5-13(6-4-12)10-22-17(24)23-11-14-7-8-15(25-2)9-16(14)18(19,20)21/h3-9H,10-11H2,1-2H3,(H2,22,23,24). The number of nitrogens with one attached hydrogen (secondary N) is 2. The van der Waals surface area contributed by atoms with Crippen molar-refractivity contribution < 1.29 is 22.7 Å². The first kappa shape index (κ1) is 18.6. The van der Waals surface area contributed by atoms with Crippen LogP contribution in [0, 0.1) is 6.92 Å². The van der Waals surface area contributed by atoms with Gasteiger partial charge in [0.05, 0.1) is 12.7 Å². The average molecular weight is 352 g/mol. The van der Waals surface area contributed by atoms with Gasteiger partial charge in [0, 0.05) is 13.1 Å². The number of amides is 2. The van der Waals surface area contributed by atoms with Crippen LogP contribution in [0.5, 0.6) is 5.75 Å². The van der Waals surface area contributed by atoms with Crippen LogP contribution in [0.25, 0.3) is 0 Å². The summed E-state index contributed by atoms with van der Waals surface area (Å²) in [5.74, 6) is 0.111. The second-order valence-electron chi connectivity index (χ2n) is 5.54. The maximum atomic E-state index is 13.1. The molecule has 134 valence electrons. The first-order chi connectivity index (χ1) is 11.8. The summed E-state index contributed by atoms with van der Waals surface area (Å²) in [5.41, 5.74) is 1.15. The summed E-state index contributed by atoms with van der Waals surface area (Å²) < 4.78 is 44.1. The van der Waals surface area contributed by atoms with Crippen molar-refractivity contribution in [3.8, 4) is 5.75 Å². The van der Waals surface area contributed by atoms with Crippen molar-refractivity contribution in [2.45, 2.75) is 26.2 Å². The molecule has 2 aromatic rings. The van der Waals surface area contributed by atoms with Gasteiger partial charge < -0.3 is 15.4 Å². The molecule has 25 heavy (non-hydrogen) atoms. The Hall–Kier alpha value is -2.70. The summed E-state index contributed by atoms with van der Waals surface area (Å²) in [4.78, 5) is 11.8. The molecule has 7 heteroatoms. The van der Waals surface area contributed by atoms with Crippen molar-refractivity contribution in [2.24, 2.45) is 0 Å². The molecule has 0 bridgehead atoms. The molecule has 0 heterocycles. The fourth-order valence-corrected chi connectivity index (χ4v) is 2.23. The smallest absolute Gasteiger partial charge is 0.416 e. The first-order valence-electron chi connectivity index (χ1n) is 7.61. The maximum Gasteiger partial charge on any atom is 0.416 e. The molecule has 0 aliphatic rings. The molecule has 2 rings (SSSR count). The lowest BCUT2D eigenvalue weighted by Crippen LogP contribution is -2.35. The van der Waals surface area contributed by atoms with E-state index in [0.717, 1.165) is 17.2 Å². The van der Waals surface area contributed by atoms with Gasteiger partial charge in [-0.2, -0.15) is 13.2 Å². The Bertz CT molecular complexity index is 728. The van der Waals surface area contributed by atoms with Gasteiger partial charge in [-0.25, -0.2) is 4.79 Å². The molecule has 2 N–H and O–H groups in total. The van der Waals surface area contributed by atoms with Crippen molar-refractivity contribution >= 4 is 6.03 Å². The number of halogens is 3. The van der Waals surface area contributed by atoms with Crippen LogP contribution in [0.1, 0.15) is 22.3 Å². The fraction of sp³-hybridized carbons (Fsp3) is 0.278. The molecule has 0 saturated carbocycles. The molecule has 0 fully saturated rings. The number of rotatable bonds is 5. The average Bonchev–Trinajstić information content (AvgIpc) is 2.58. The zero-order valence-corrected chi connectivity index (χ0v) is 13.9. The molecule has 0 aliphatic heterocycles. The van der Waals surface area contributed by atoms with Crippen molar-refractivity contribution in [2.75, 3.05) is 7.11 Å². The van der Waals surface area contributed by atoms with Gasteiger partial charge in [0.15, 0.2) is 0 Å². The Balaban J connectivity index is 1.96. The lowest BCUT2D eigenvalue weighted by atomic mass is 10.1. The van der Waals surface area contributed by atoms with Crippen molar-refractivity contribution in [3.63, 3.8) is 0 Å². The fourth-order valence-electron chi connectivity index (χ4n) is 2.23. The zero-order valence-electron chi connectivity index (χ0n) is 13.9. The van der Waals surface area contributed by atoms with E-state index < -0.39 is 17.8 Å². The zero-order chi connectivity index (χ0) is 18.4. The van der Waals surface area contributed by atoms with Crippen LogP contribution in [0.2, 0.25) is 0 Å². The first-order valence-corrected chi connectivity index (χ1v) is 7.61. The summed E-state index contributed by atoms with van der Waals surface area (Å²) in [6.07, 6.45) is -4.52. The monoisotopic (exact) mass is 352 g/mol. The third-order valence-electron chi connectivity index (χ3n) is 3.64. The Morgan fingerprint density at radius 3 is 2.28 bits per heavy atom. The number of benzene rings is 2. The number of hydrogen-bond donors (Lipinski definition) is 2. The Morgan fingerprint density at radius 1 is 1.04 bits per heavy atom. The molecule has 4 nitrogen and oxygen atoms in total. The number of ether oxygens (including phenoxy) is 1. The third kappa shape index (κ3) is 5.41. The van der Waals surface area contributed by atoms with E-state index in [1.807, 2.05) is 31.2 Å². The lowest BCUT2D eigenvalue weighted by Gasteiger charge is -2.15. The highest BCUT2D eigenvalue weighted by atomic mass is 19.4. The van der Waals surface area contributed by atoms with Gasteiger partial charge in [-0.1, -0.05) is 35.9 Å². The number of hydrogen-bond acceptors (Lipinski definition) is 2. The minimum atomic E-state index is -4.52. The summed E-state index contributed by atoms with van der Waals surface area (Å²) in [6, 6.07) is 10.7. The second-order valence-corrected chi connectivity index (χ2v) is 5.54. The lowest BCUT2D eigenvalue weighted by molar-refractivity contribution is -0.138. The number of carbonyl (C=O) groups is 1. The molecule has 2 amide bonds. The highest BCUT2D eigenvalue weighted by Gasteiger charge is 2.33. The predicted molar refractivity (Wildman–Crippen MR) is 88.3 cm³/mol. The summed E-state index contributed by atoms with van der Waals surface area (Å²) in [6.45, 7) is 2.01. The Labute approximate surface area is 144 Å². The molecule has 0 radical (unpaired) electrons. The van der Waals surface area contributed by atoms with E-state index in [2.05, 4.69) is 10.6 Å². The predicted octanol–water partition coefficient (Wildman–Crippen LogP) is 4.02. The molecule has 0 spiro atoms. The number of urea groups is 1. The number of methoxy groups -OCH3 is 1. The van der Waals surface area contributed by atoms with Crippen LogP contribution < -0.4 is 15.4 Å². The maximum absolute atomic E-state index is 13.1. The molecule has 2 aromatic carbocycles. The van der Waals surface area contributed by atoms with Crippen LogP contribution in [0.3, 0.4) is 0 Å². The molecular weight excluding hydrogens is 333 g/mol. The number of alkyl halides is 3. The van der Waals surface area contributed by atoms with Gasteiger partial charge in [-0.3, -0.25) is 0 Å². The van der Waals surface area contributed by atoms with Crippen LogP contribution in [-0.2, 0) is 19.3 Å². The van der Waals surface area contributed by atoms with Gasteiger partial charge in [-0.05, 0) is 30.2 Å². The van der Waals surface area contributed by atoms with E-state index in [-0.39, 0.29) is 17.9 Å². The van der Waals surface area contributed by atoms with Crippen LogP contribution in [-0.4, -0.2) is 13.1 Å². The normalized spacial score (nSPS) is 11.1. The van der Waals surface area contributed by atoms with E-state index in [4.69, 9.17) is 4.74 Å². The van der Waals surface area contributed by atoms with Gasteiger partial charge in [-0.15, -0.1) is 0 Å². The highest BCUT2D eigenvalue weighted by molar-refractivity contribution is 5.73. The highest BCUT2D eigenvalue weighted by Crippen LogP contribution is 2.34. The summed E-state index contributed by atoms with van der Waals surface area (Å²) in [7, 11) is 1.30. The minimum Gasteiger partial charge on any atom is -0.497 e.